The lowest BCUT2D eigenvalue weighted by Crippen LogP contribution is -2.01. The van der Waals surface area contributed by atoms with Gasteiger partial charge in [0.25, 0.3) is 0 Å². The van der Waals surface area contributed by atoms with Gasteiger partial charge in [-0.05, 0) is 81.9 Å². The monoisotopic (exact) mass is 717 g/mol. The second-order valence-corrected chi connectivity index (χ2v) is 14.0. The first-order valence-electron chi connectivity index (χ1n) is 18.7. The summed E-state index contributed by atoms with van der Waals surface area (Å²) in [5, 5.41) is 4.01. The zero-order valence-corrected chi connectivity index (χ0v) is 30.1. The van der Waals surface area contributed by atoms with Gasteiger partial charge in [-0.2, -0.15) is 0 Å². The largest absolute Gasteiger partial charge is 0.456 e. The summed E-state index contributed by atoms with van der Waals surface area (Å²) < 4.78 is 13.0. The van der Waals surface area contributed by atoms with Gasteiger partial charge in [-0.3, -0.25) is 0 Å². The number of nitrogens with zero attached hydrogens (tertiary/aromatic N) is 3. The summed E-state index contributed by atoms with van der Waals surface area (Å²) in [6.07, 6.45) is 0. The van der Waals surface area contributed by atoms with Gasteiger partial charge < -0.3 is 8.83 Å². The summed E-state index contributed by atoms with van der Waals surface area (Å²) in [5.41, 5.74) is 12.2. The summed E-state index contributed by atoms with van der Waals surface area (Å²) in [4.78, 5) is 15.9. The minimum atomic E-state index is 0.524. The lowest BCUT2D eigenvalue weighted by atomic mass is 9.95. The lowest BCUT2D eigenvalue weighted by Gasteiger charge is -2.13. The molecule has 0 spiro atoms. The molecule has 0 radical (unpaired) electrons. The number of para-hydroxylation sites is 2. The molecule has 0 bridgehead atoms. The van der Waals surface area contributed by atoms with Crippen LogP contribution in [0.15, 0.2) is 197 Å². The summed E-state index contributed by atoms with van der Waals surface area (Å²) >= 11 is 0. The number of fused-ring (bicyclic) bond motifs is 6. The molecule has 0 aliphatic heterocycles. The molecule has 5 nitrogen and oxygen atoms in total. The first-order chi connectivity index (χ1) is 27.7. The van der Waals surface area contributed by atoms with E-state index in [1.807, 2.05) is 66.7 Å². The topological polar surface area (TPSA) is 65.0 Å². The molecule has 0 unspecified atom stereocenters. The van der Waals surface area contributed by atoms with Crippen molar-refractivity contribution in [2.45, 2.75) is 0 Å². The predicted octanol–water partition coefficient (Wildman–Crippen LogP) is 13.7. The fourth-order valence-corrected chi connectivity index (χ4v) is 7.84. The van der Waals surface area contributed by atoms with E-state index in [4.69, 9.17) is 23.8 Å². The summed E-state index contributed by atoms with van der Waals surface area (Å²) in [6, 6.07) is 64.6. The summed E-state index contributed by atoms with van der Waals surface area (Å²) in [7, 11) is 0. The van der Waals surface area contributed by atoms with Gasteiger partial charge in [0.2, 0.25) is 0 Å². The first kappa shape index (κ1) is 31.9. The standard InChI is InChI=1S/C51H31N3O2/c1-4-14-32(15-5-1)35-26-27-45-43(31-35)47-41(22-13-25-46(47)55-45)50-52-49(53-51(54-50)42-23-12-21-40-39-20-10-11-24-44(39)56-48(40)42)38-29-36(33-16-6-2-7-17-33)28-37(30-38)34-18-8-3-9-19-34/h1-31H. The Balaban J connectivity index is 1.19. The van der Waals surface area contributed by atoms with E-state index in [-0.39, 0.29) is 0 Å². The van der Waals surface area contributed by atoms with Crippen molar-refractivity contribution in [2.24, 2.45) is 0 Å². The van der Waals surface area contributed by atoms with E-state index in [1.54, 1.807) is 0 Å². The fourth-order valence-electron chi connectivity index (χ4n) is 7.84. The maximum Gasteiger partial charge on any atom is 0.167 e. The number of hydrogen-bond donors (Lipinski definition) is 0. The van der Waals surface area contributed by atoms with Crippen molar-refractivity contribution in [1.82, 2.24) is 15.0 Å². The summed E-state index contributed by atoms with van der Waals surface area (Å²) in [5.74, 6) is 1.63. The van der Waals surface area contributed by atoms with Crippen LogP contribution < -0.4 is 0 Å². The van der Waals surface area contributed by atoms with Gasteiger partial charge in [-0.15, -0.1) is 0 Å². The third kappa shape index (κ3) is 5.45. The van der Waals surface area contributed by atoms with E-state index in [0.29, 0.717) is 17.5 Å². The highest BCUT2D eigenvalue weighted by atomic mass is 16.3. The fraction of sp³-hybridized carbons (Fsp3) is 0. The van der Waals surface area contributed by atoms with Crippen molar-refractivity contribution in [3.8, 4) is 67.5 Å². The van der Waals surface area contributed by atoms with Crippen molar-refractivity contribution in [3.05, 3.63) is 188 Å². The molecule has 11 aromatic rings. The Hall–Kier alpha value is -7.63. The average molecular weight is 718 g/mol. The quantitative estimate of drug-likeness (QED) is 0.171. The van der Waals surface area contributed by atoms with Crippen LogP contribution in [0.5, 0.6) is 0 Å². The van der Waals surface area contributed by atoms with E-state index in [2.05, 4.69) is 121 Å². The molecule has 0 aliphatic rings. The number of rotatable bonds is 6. The minimum Gasteiger partial charge on any atom is -0.456 e. The van der Waals surface area contributed by atoms with Crippen molar-refractivity contribution < 1.29 is 8.83 Å². The molecule has 11 rings (SSSR count). The highest BCUT2D eigenvalue weighted by Crippen LogP contribution is 2.41. The van der Waals surface area contributed by atoms with Gasteiger partial charge in [0, 0.05) is 32.7 Å². The smallest absolute Gasteiger partial charge is 0.167 e. The SMILES string of the molecule is c1ccc(-c2cc(-c3ccccc3)cc(-c3nc(-c4cccc5c4oc4ccccc45)nc(-c4cccc5oc6ccc(-c7ccccc7)cc6c45)n3)c2)cc1. The first-order valence-corrected chi connectivity index (χ1v) is 18.7. The Bertz CT molecular complexity index is 3180. The molecule has 0 atom stereocenters. The predicted molar refractivity (Wildman–Crippen MR) is 227 cm³/mol. The van der Waals surface area contributed by atoms with Crippen LogP contribution >= 0.6 is 0 Å². The third-order valence-corrected chi connectivity index (χ3v) is 10.5. The van der Waals surface area contributed by atoms with Gasteiger partial charge in [0.05, 0.1) is 5.56 Å². The molecule has 8 aromatic carbocycles. The molecule has 0 saturated heterocycles. The van der Waals surface area contributed by atoms with Crippen LogP contribution in [0.2, 0.25) is 0 Å². The van der Waals surface area contributed by atoms with Crippen LogP contribution in [0.25, 0.3) is 111 Å². The zero-order chi connectivity index (χ0) is 37.0. The van der Waals surface area contributed by atoms with E-state index in [9.17, 15) is 0 Å². The zero-order valence-electron chi connectivity index (χ0n) is 30.1. The second kappa shape index (κ2) is 13.0. The van der Waals surface area contributed by atoms with Gasteiger partial charge in [0.1, 0.15) is 22.3 Å². The van der Waals surface area contributed by atoms with Crippen LogP contribution in [0.4, 0.5) is 0 Å². The highest BCUT2D eigenvalue weighted by molar-refractivity contribution is 6.13. The molecule has 3 heterocycles. The minimum absolute atomic E-state index is 0.524. The van der Waals surface area contributed by atoms with Crippen molar-refractivity contribution in [2.75, 3.05) is 0 Å². The maximum atomic E-state index is 6.54. The van der Waals surface area contributed by atoms with Crippen LogP contribution in [0.3, 0.4) is 0 Å². The molecular weight excluding hydrogens is 687 g/mol. The Morgan fingerprint density at radius 2 is 0.804 bits per heavy atom. The van der Waals surface area contributed by atoms with Crippen LogP contribution in [-0.2, 0) is 0 Å². The molecule has 0 fully saturated rings. The molecule has 3 aromatic heterocycles. The Morgan fingerprint density at radius 1 is 0.286 bits per heavy atom. The number of hydrogen-bond acceptors (Lipinski definition) is 5. The number of furan rings is 2. The molecular formula is C51H31N3O2. The lowest BCUT2D eigenvalue weighted by molar-refractivity contribution is 0.668. The number of benzene rings is 8. The van der Waals surface area contributed by atoms with Crippen LogP contribution in [0, 0.1) is 0 Å². The Kier molecular flexibility index (Phi) is 7.42. The van der Waals surface area contributed by atoms with Crippen molar-refractivity contribution in [3.63, 3.8) is 0 Å². The van der Waals surface area contributed by atoms with Crippen molar-refractivity contribution in [1.29, 1.82) is 0 Å². The van der Waals surface area contributed by atoms with Gasteiger partial charge in [0.15, 0.2) is 17.5 Å². The van der Waals surface area contributed by atoms with Gasteiger partial charge in [-0.25, -0.2) is 15.0 Å². The molecule has 0 aliphatic carbocycles. The van der Waals surface area contributed by atoms with Crippen LogP contribution in [-0.4, -0.2) is 15.0 Å². The normalized spacial score (nSPS) is 11.6. The van der Waals surface area contributed by atoms with Crippen LogP contribution in [0.1, 0.15) is 0 Å². The number of aromatic nitrogens is 3. The third-order valence-electron chi connectivity index (χ3n) is 10.5. The summed E-state index contributed by atoms with van der Waals surface area (Å²) in [6.45, 7) is 0. The van der Waals surface area contributed by atoms with Crippen molar-refractivity contribution >= 4 is 43.9 Å². The molecule has 56 heavy (non-hydrogen) atoms. The Morgan fingerprint density at radius 3 is 1.52 bits per heavy atom. The van der Waals surface area contributed by atoms with E-state index in [1.165, 1.54) is 0 Å². The second-order valence-electron chi connectivity index (χ2n) is 14.0. The Labute approximate surface area is 322 Å². The van der Waals surface area contributed by atoms with Gasteiger partial charge in [-0.1, -0.05) is 140 Å². The average Bonchev–Trinajstić information content (AvgIpc) is 3.85. The van der Waals surface area contributed by atoms with E-state index >= 15 is 0 Å². The van der Waals surface area contributed by atoms with E-state index < -0.39 is 0 Å². The molecule has 262 valence electrons. The molecule has 0 N–H and O–H groups in total. The maximum absolute atomic E-state index is 6.54. The van der Waals surface area contributed by atoms with Gasteiger partial charge >= 0.3 is 0 Å². The highest BCUT2D eigenvalue weighted by Gasteiger charge is 2.21. The molecule has 5 heteroatoms. The molecule has 0 saturated carbocycles. The van der Waals surface area contributed by atoms with E-state index in [0.717, 1.165) is 93.9 Å². The molecule has 0 amide bonds.